The Balaban J connectivity index is 1.97. The van der Waals surface area contributed by atoms with E-state index in [9.17, 15) is 9.59 Å². The number of amides is 1. The molecule has 1 fully saturated rings. The summed E-state index contributed by atoms with van der Waals surface area (Å²) in [7, 11) is 1.26. The molecule has 7 heteroatoms. The average molecular weight is 393 g/mol. The van der Waals surface area contributed by atoms with Gasteiger partial charge in [-0.1, -0.05) is 60.7 Å². The first-order valence-electron chi connectivity index (χ1n) is 8.61. The van der Waals surface area contributed by atoms with Crippen molar-refractivity contribution in [3.8, 4) is 0 Å². The normalized spacial score (nSPS) is 16.1. The van der Waals surface area contributed by atoms with Gasteiger partial charge in [-0.25, -0.2) is 4.79 Å². The van der Waals surface area contributed by atoms with Gasteiger partial charge in [0.1, 0.15) is 5.70 Å². The van der Waals surface area contributed by atoms with Crippen LogP contribution in [0, 0.1) is 0 Å². The fraction of sp³-hybridized carbons (Fsp3) is 0.143. The minimum Gasteiger partial charge on any atom is -0.466 e. The van der Waals surface area contributed by atoms with Crippen LogP contribution >= 0.6 is 12.2 Å². The molecule has 1 amide bonds. The number of nitrogens with zero attached hydrogens (tertiary/aromatic N) is 3. The number of rotatable bonds is 5. The number of hydrogen-bond donors (Lipinski definition) is 0. The van der Waals surface area contributed by atoms with Gasteiger partial charge in [-0.2, -0.15) is 10.1 Å². The number of carbonyl (C=O) groups excluding carboxylic acids is 2. The predicted molar refractivity (Wildman–Crippen MR) is 110 cm³/mol. The van der Waals surface area contributed by atoms with Crippen molar-refractivity contribution in [2.24, 2.45) is 5.10 Å². The largest absolute Gasteiger partial charge is 0.466 e. The summed E-state index contributed by atoms with van der Waals surface area (Å²) in [5.74, 6) is -1.10. The van der Waals surface area contributed by atoms with Crippen LogP contribution < -0.4 is 0 Å². The van der Waals surface area contributed by atoms with Gasteiger partial charge in [0.05, 0.1) is 25.4 Å². The van der Waals surface area contributed by atoms with Crippen molar-refractivity contribution in [2.75, 3.05) is 7.11 Å². The Morgan fingerprint density at radius 2 is 1.71 bits per heavy atom. The number of benzene rings is 2. The van der Waals surface area contributed by atoms with Crippen molar-refractivity contribution < 1.29 is 14.3 Å². The van der Waals surface area contributed by atoms with E-state index in [-0.39, 0.29) is 10.8 Å². The lowest BCUT2D eigenvalue weighted by atomic mass is 10.1. The first-order chi connectivity index (χ1) is 13.5. The molecule has 6 nitrogen and oxygen atoms in total. The van der Waals surface area contributed by atoms with Gasteiger partial charge in [-0.05, 0) is 30.3 Å². The second-order valence-corrected chi connectivity index (χ2v) is 6.44. The van der Waals surface area contributed by atoms with Crippen LogP contribution in [0.25, 0.3) is 0 Å². The minimum atomic E-state index is -0.630. The zero-order chi connectivity index (χ0) is 20.1. The van der Waals surface area contributed by atoms with E-state index < -0.39 is 11.9 Å². The fourth-order valence-electron chi connectivity index (χ4n) is 2.73. The number of hydrogen-bond acceptors (Lipinski definition) is 5. The molecule has 1 heterocycles. The Morgan fingerprint density at radius 1 is 1.11 bits per heavy atom. The minimum absolute atomic E-state index is 0.130. The molecule has 3 rings (SSSR count). The summed E-state index contributed by atoms with van der Waals surface area (Å²) in [5, 5.41) is 5.76. The summed E-state index contributed by atoms with van der Waals surface area (Å²) in [4.78, 5) is 26.3. The van der Waals surface area contributed by atoms with Crippen LogP contribution in [0.4, 0.5) is 0 Å². The molecule has 0 N–H and O–H groups in total. The summed E-state index contributed by atoms with van der Waals surface area (Å²) in [6, 6.07) is 19.0. The molecular formula is C21H19N3O3S. The van der Waals surface area contributed by atoms with Crippen molar-refractivity contribution in [3.63, 3.8) is 0 Å². The smallest absolute Gasteiger partial charge is 0.332 e. The van der Waals surface area contributed by atoms with Crippen LogP contribution in [0.15, 0.2) is 77.5 Å². The fourth-order valence-corrected chi connectivity index (χ4v) is 3.02. The Kier molecular flexibility index (Phi) is 5.96. The van der Waals surface area contributed by atoms with E-state index in [1.165, 1.54) is 7.11 Å². The number of methoxy groups -OCH3 is 1. The van der Waals surface area contributed by atoms with E-state index in [0.717, 1.165) is 22.2 Å². The Hall–Kier alpha value is -3.32. The van der Waals surface area contributed by atoms with Crippen LogP contribution in [0.3, 0.4) is 0 Å². The van der Waals surface area contributed by atoms with Crippen LogP contribution in [-0.4, -0.2) is 39.7 Å². The predicted octanol–water partition coefficient (Wildman–Crippen LogP) is 3.10. The maximum Gasteiger partial charge on any atom is 0.332 e. The van der Waals surface area contributed by atoms with E-state index in [2.05, 4.69) is 9.84 Å². The van der Waals surface area contributed by atoms with Crippen LogP contribution in [0.2, 0.25) is 0 Å². The first-order valence-corrected chi connectivity index (χ1v) is 9.02. The highest BCUT2D eigenvalue weighted by Crippen LogP contribution is 2.25. The van der Waals surface area contributed by atoms with E-state index in [4.69, 9.17) is 12.2 Å². The SMILES string of the molecule is COC(=O)/C=C1/C(=O)N(/N=C(/C)c2ccccc2)C(=S)N1Cc1ccccc1. The lowest BCUT2D eigenvalue weighted by Gasteiger charge is -2.18. The molecule has 2 aromatic rings. The number of carbonyl (C=O) groups is 2. The highest BCUT2D eigenvalue weighted by molar-refractivity contribution is 7.80. The number of thiocarbonyl (C=S) groups is 1. The summed E-state index contributed by atoms with van der Waals surface area (Å²) in [6.45, 7) is 2.14. The standard InChI is InChI=1S/C21H19N3O3S/c1-15(17-11-7-4-8-12-17)22-24-20(26)18(13-19(25)27-2)23(21(24)28)14-16-9-5-3-6-10-16/h3-13H,14H2,1-2H3/b18-13-,22-15-. The molecule has 0 aliphatic carbocycles. The van der Waals surface area contributed by atoms with Gasteiger partial charge >= 0.3 is 5.97 Å². The van der Waals surface area contributed by atoms with E-state index in [1.807, 2.05) is 60.7 Å². The van der Waals surface area contributed by atoms with Gasteiger partial charge in [0, 0.05) is 0 Å². The van der Waals surface area contributed by atoms with E-state index >= 15 is 0 Å². The van der Waals surface area contributed by atoms with Gasteiger partial charge in [0.2, 0.25) is 5.11 Å². The van der Waals surface area contributed by atoms with Gasteiger partial charge < -0.3 is 9.64 Å². The summed E-state index contributed by atoms with van der Waals surface area (Å²) in [6.07, 6.45) is 1.14. The number of ether oxygens (including phenoxy) is 1. The summed E-state index contributed by atoms with van der Waals surface area (Å²) < 4.78 is 4.69. The quantitative estimate of drug-likeness (QED) is 0.338. The average Bonchev–Trinajstić information content (AvgIpc) is 2.93. The molecule has 0 unspecified atom stereocenters. The topological polar surface area (TPSA) is 62.2 Å². The van der Waals surface area contributed by atoms with Crippen molar-refractivity contribution in [3.05, 3.63) is 83.6 Å². The summed E-state index contributed by atoms with van der Waals surface area (Å²) in [5.41, 5.74) is 2.58. The molecule has 142 valence electrons. The summed E-state index contributed by atoms with van der Waals surface area (Å²) >= 11 is 5.50. The third kappa shape index (κ3) is 4.15. The molecule has 0 atom stereocenters. The van der Waals surface area contributed by atoms with Gasteiger partial charge in [-0.3, -0.25) is 4.79 Å². The highest BCUT2D eigenvalue weighted by atomic mass is 32.1. The molecule has 0 spiro atoms. The lowest BCUT2D eigenvalue weighted by molar-refractivity contribution is -0.135. The number of esters is 1. The van der Waals surface area contributed by atoms with Gasteiger partial charge in [0.15, 0.2) is 0 Å². The molecule has 2 aromatic carbocycles. The lowest BCUT2D eigenvalue weighted by Crippen LogP contribution is -2.29. The van der Waals surface area contributed by atoms with Crippen molar-refractivity contribution in [1.29, 1.82) is 0 Å². The second kappa shape index (κ2) is 8.58. The second-order valence-electron chi connectivity index (χ2n) is 6.08. The molecule has 1 aliphatic rings. The van der Waals surface area contributed by atoms with Crippen molar-refractivity contribution >= 4 is 34.9 Å². The third-order valence-electron chi connectivity index (χ3n) is 4.20. The molecule has 0 radical (unpaired) electrons. The third-order valence-corrected chi connectivity index (χ3v) is 4.59. The van der Waals surface area contributed by atoms with Crippen molar-refractivity contribution in [2.45, 2.75) is 13.5 Å². The van der Waals surface area contributed by atoms with E-state index in [1.54, 1.807) is 11.8 Å². The van der Waals surface area contributed by atoms with Crippen molar-refractivity contribution in [1.82, 2.24) is 9.91 Å². The highest BCUT2D eigenvalue weighted by Gasteiger charge is 2.39. The van der Waals surface area contributed by atoms with Crippen LogP contribution in [0.5, 0.6) is 0 Å². The Morgan fingerprint density at radius 3 is 2.32 bits per heavy atom. The maximum absolute atomic E-state index is 12.9. The van der Waals surface area contributed by atoms with Gasteiger partial charge in [0.25, 0.3) is 5.91 Å². The maximum atomic E-state index is 12.9. The molecule has 1 saturated heterocycles. The molecular weight excluding hydrogens is 374 g/mol. The first kappa shape index (κ1) is 19.4. The molecule has 28 heavy (non-hydrogen) atoms. The zero-order valence-corrected chi connectivity index (χ0v) is 16.3. The van der Waals surface area contributed by atoms with Gasteiger partial charge in [-0.15, -0.1) is 0 Å². The molecule has 0 bridgehead atoms. The molecule has 0 aromatic heterocycles. The monoisotopic (exact) mass is 393 g/mol. The Labute approximate surface area is 168 Å². The molecule has 1 aliphatic heterocycles. The number of hydrazone groups is 1. The molecule has 0 saturated carbocycles. The van der Waals surface area contributed by atoms with Crippen LogP contribution in [-0.2, 0) is 20.9 Å². The van der Waals surface area contributed by atoms with Crippen LogP contribution in [0.1, 0.15) is 18.1 Å². The zero-order valence-electron chi connectivity index (χ0n) is 15.5. The Bertz CT molecular complexity index is 955. The van der Waals surface area contributed by atoms with E-state index in [0.29, 0.717) is 12.3 Å².